The maximum absolute atomic E-state index is 8.84. The Morgan fingerprint density at radius 1 is 1.28 bits per heavy atom. The zero-order valence-corrected chi connectivity index (χ0v) is 10.4. The third kappa shape index (κ3) is 2.67. The fraction of sp³-hybridized carbons (Fsp3) is 0.0833. The number of hydrogen-bond acceptors (Lipinski definition) is 5. The zero-order valence-electron chi connectivity index (χ0n) is 9.61. The third-order valence-corrected chi connectivity index (χ3v) is 2.58. The van der Waals surface area contributed by atoms with Crippen molar-refractivity contribution in [2.24, 2.45) is 0 Å². The van der Waals surface area contributed by atoms with Gasteiger partial charge in [-0.2, -0.15) is 5.26 Å². The van der Waals surface area contributed by atoms with E-state index >= 15 is 0 Å². The molecule has 18 heavy (non-hydrogen) atoms. The van der Waals surface area contributed by atoms with Gasteiger partial charge in [-0.05, 0) is 18.2 Å². The summed E-state index contributed by atoms with van der Waals surface area (Å²) < 4.78 is 0. The van der Waals surface area contributed by atoms with Crippen molar-refractivity contribution in [2.45, 2.75) is 0 Å². The Balaban J connectivity index is 2.30. The molecule has 5 nitrogen and oxygen atoms in total. The van der Waals surface area contributed by atoms with Crippen LogP contribution in [-0.2, 0) is 0 Å². The summed E-state index contributed by atoms with van der Waals surface area (Å²) in [5, 5.41) is 15.3. The molecule has 0 unspecified atom stereocenters. The van der Waals surface area contributed by atoms with Crippen LogP contribution >= 0.6 is 11.6 Å². The van der Waals surface area contributed by atoms with Crippen molar-refractivity contribution in [1.82, 2.24) is 9.97 Å². The minimum absolute atomic E-state index is 0.519. The van der Waals surface area contributed by atoms with Gasteiger partial charge in [0.25, 0.3) is 0 Å². The van der Waals surface area contributed by atoms with E-state index in [2.05, 4.69) is 26.7 Å². The predicted octanol–water partition coefficient (Wildman–Crippen LogP) is 2.79. The molecule has 2 rings (SSSR count). The predicted molar refractivity (Wildman–Crippen MR) is 71.0 cm³/mol. The van der Waals surface area contributed by atoms with Gasteiger partial charge in [0.2, 0.25) is 0 Å². The molecule has 0 bridgehead atoms. The lowest BCUT2D eigenvalue weighted by Gasteiger charge is -2.08. The molecular weight excluding hydrogens is 250 g/mol. The first kappa shape index (κ1) is 12.1. The number of benzene rings is 1. The van der Waals surface area contributed by atoms with Gasteiger partial charge < -0.3 is 10.6 Å². The van der Waals surface area contributed by atoms with Gasteiger partial charge in [-0.3, -0.25) is 4.98 Å². The summed E-state index contributed by atoms with van der Waals surface area (Å²) in [4.78, 5) is 8.29. The van der Waals surface area contributed by atoms with Crippen LogP contribution in [0.15, 0.2) is 30.6 Å². The molecule has 90 valence electrons. The summed E-state index contributed by atoms with van der Waals surface area (Å²) in [5.41, 5.74) is 1.15. The average Bonchev–Trinajstić information content (AvgIpc) is 2.41. The number of nitriles is 1. The third-order valence-electron chi connectivity index (χ3n) is 2.25. The summed E-state index contributed by atoms with van der Waals surface area (Å²) in [7, 11) is 1.76. The van der Waals surface area contributed by atoms with E-state index in [1.807, 2.05) is 0 Å². The monoisotopic (exact) mass is 259 g/mol. The minimum atomic E-state index is 0.519. The van der Waals surface area contributed by atoms with Gasteiger partial charge in [-0.1, -0.05) is 11.6 Å². The van der Waals surface area contributed by atoms with Gasteiger partial charge in [0.1, 0.15) is 5.82 Å². The normalized spacial score (nSPS) is 9.61. The second-order valence-electron chi connectivity index (χ2n) is 3.47. The molecule has 0 saturated heterocycles. The molecule has 0 amide bonds. The van der Waals surface area contributed by atoms with Crippen LogP contribution in [0, 0.1) is 11.3 Å². The van der Waals surface area contributed by atoms with Crippen LogP contribution in [0.3, 0.4) is 0 Å². The summed E-state index contributed by atoms with van der Waals surface area (Å²) in [5.74, 6) is 1.20. The van der Waals surface area contributed by atoms with Crippen LogP contribution in [0.5, 0.6) is 0 Å². The molecule has 6 heteroatoms. The average molecular weight is 260 g/mol. The molecule has 0 saturated carbocycles. The smallest absolute Gasteiger partial charge is 0.151 e. The molecule has 0 atom stereocenters. The Morgan fingerprint density at radius 3 is 2.78 bits per heavy atom. The maximum Gasteiger partial charge on any atom is 0.151 e. The summed E-state index contributed by atoms with van der Waals surface area (Å²) in [6.07, 6.45) is 3.19. The highest BCUT2D eigenvalue weighted by atomic mass is 35.5. The van der Waals surface area contributed by atoms with Gasteiger partial charge in [0.15, 0.2) is 5.82 Å². The second kappa shape index (κ2) is 5.34. The number of nitrogens with one attached hydrogen (secondary N) is 2. The van der Waals surface area contributed by atoms with Crippen molar-refractivity contribution in [3.63, 3.8) is 0 Å². The molecule has 0 fully saturated rings. The first-order valence-corrected chi connectivity index (χ1v) is 5.57. The Labute approximate surface area is 109 Å². The van der Waals surface area contributed by atoms with Gasteiger partial charge in [-0.15, -0.1) is 0 Å². The van der Waals surface area contributed by atoms with Gasteiger partial charge in [0, 0.05) is 7.05 Å². The molecule has 1 aromatic heterocycles. The molecule has 0 aliphatic rings. The van der Waals surface area contributed by atoms with Crippen LogP contribution in [0.2, 0.25) is 5.02 Å². The molecule has 2 N–H and O–H groups in total. The van der Waals surface area contributed by atoms with E-state index in [4.69, 9.17) is 16.9 Å². The maximum atomic E-state index is 8.84. The number of nitrogens with zero attached hydrogens (tertiary/aromatic N) is 3. The van der Waals surface area contributed by atoms with Crippen molar-refractivity contribution >= 4 is 28.9 Å². The Bertz CT molecular complexity index is 606. The van der Waals surface area contributed by atoms with Crippen LogP contribution in [0.25, 0.3) is 0 Å². The molecule has 0 spiro atoms. The minimum Gasteiger partial charge on any atom is -0.372 e. The SMILES string of the molecule is CNc1cncc(Nc2cc(C#N)ccc2Cl)n1. The van der Waals surface area contributed by atoms with Crippen molar-refractivity contribution in [1.29, 1.82) is 5.26 Å². The fourth-order valence-corrected chi connectivity index (χ4v) is 1.54. The van der Waals surface area contributed by atoms with Crippen LogP contribution < -0.4 is 10.6 Å². The highest BCUT2D eigenvalue weighted by Crippen LogP contribution is 2.25. The van der Waals surface area contributed by atoms with Crippen LogP contribution in [0.4, 0.5) is 17.3 Å². The van der Waals surface area contributed by atoms with Crippen molar-refractivity contribution in [3.8, 4) is 6.07 Å². The molecule has 1 heterocycles. The molecule has 0 aliphatic heterocycles. The first-order valence-electron chi connectivity index (χ1n) is 5.19. The first-order chi connectivity index (χ1) is 8.72. The van der Waals surface area contributed by atoms with E-state index in [0.29, 0.717) is 27.9 Å². The molecular formula is C12H10ClN5. The number of aromatic nitrogens is 2. The standard InChI is InChI=1S/C12H10ClN5/c1-15-11-6-16-7-12(18-11)17-10-4-8(5-14)2-3-9(10)13/h2-4,6-7H,1H3,(H2,15,17,18). The lowest BCUT2D eigenvalue weighted by atomic mass is 10.2. The number of hydrogen-bond donors (Lipinski definition) is 2. The Kier molecular flexibility index (Phi) is 3.60. The van der Waals surface area contributed by atoms with Crippen molar-refractivity contribution < 1.29 is 0 Å². The van der Waals surface area contributed by atoms with E-state index in [0.717, 1.165) is 0 Å². The molecule has 0 radical (unpaired) electrons. The van der Waals surface area contributed by atoms with E-state index in [-0.39, 0.29) is 0 Å². The Morgan fingerprint density at radius 2 is 2.06 bits per heavy atom. The highest BCUT2D eigenvalue weighted by Gasteiger charge is 2.04. The Hall–Kier alpha value is -2.32. The van der Waals surface area contributed by atoms with Crippen LogP contribution in [-0.4, -0.2) is 17.0 Å². The van der Waals surface area contributed by atoms with Gasteiger partial charge in [-0.25, -0.2) is 4.98 Å². The number of rotatable bonds is 3. The quantitative estimate of drug-likeness (QED) is 0.887. The summed E-state index contributed by atoms with van der Waals surface area (Å²) in [6.45, 7) is 0. The number of anilines is 3. The van der Waals surface area contributed by atoms with E-state index in [1.165, 1.54) is 0 Å². The molecule has 1 aromatic carbocycles. The summed E-state index contributed by atoms with van der Waals surface area (Å²) in [6, 6.07) is 7.04. The van der Waals surface area contributed by atoms with Crippen molar-refractivity contribution in [2.75, 3.05) is 17.7 Å². The molecule has 2 aromatic rings. The largest absolute Gasteiger partial charge is 0.372 e. The van der Waals surface area contributed by atoms with E-state index in [1.54, 1.807) is 37.6 Å². The second-order valence-corrected chi connectivity index (χ2v) is 3.88. The van der Waals surface area contributed by atoms with Gasteiger partial charge in [0.05, 0.1) is 34.7 Å². The van der Waals surface area contributed by atoms with E-state index in [9.17, 15) is 0 Å². The lowest BCUT2D eigenvalue weighted by Crippen LogP contribution is -1.99. The summed E-state index contributed by atoms with van der Waals surface area (Å²) >= 11 is 6.04. The van der Waals surface area contributed by atoms with Gasteiger partial charge >= 0.3 is 0 Å². The lowest BCUT2D eigenvalue weighted by molar-refractivity contribution is 1.18. The molecule has 0 aliphatic carbocycles. The fourth-order valence-electron chi connectivity index (χ4n) is 1.38. The van der Waals surface area contributed by atoms with Crippen molar-refractivity contribution in [3.05, 3.63) is 41.2 Å². The topological polar surface area (TPSA) is 73.6 Å². The van der Waals surface area contributed by atoms with E-state index < -0.39 is 0 Å². The highest BCUT2D eigenvalue weighted by molar-refractivity contribution is 6.33. The zero-order chi connectivity index (χ0) is 13.0. The number of halogens is 1. The van der Waals surface area contributed by atoms with Crippen LogP contribution in [0.1, 0.15) is 5.56 Å².